The Bertz CT molecular complexity index is 1360. The van der Waals surface area contributed by atoms with E-state index in [4.69, 9.17) is 0 Å². The Labute approximate surface area is 196 Å². The Morgan fingerprint density at radius 3 is 2.56 bits per heavy atom. The zero-order chi connectivity index (χ0) is 24.5. The van der Waals surface area contributed by atoms with E-state index in [-0.39, 0.29) is 22.5 Å². The number of H-pyrrole nitrogens is 1. The topological polar surface area (TPSA) is 197 Å². The van der Waals surface area contributed by atoms with Crippen molar-refractivity contribution in [1.82, 2.24) is 25.6 Å². The Balaban J connectivity index is 1.58. The first-order valence-electron chi connectivity index (χ1n) is 10.1. The Kier molecular flexibility index (Phi) is 6.39. The summed E-state index contributed by atoms with van der Waals surface area (Å²) in [6.07, 6.45) is 3.56. The highest BCUT2D eigenvalue weighted by Crippen LogP contribution is 2.32. The molecule has 0 aliphatic heterocycles. The Morgan fingerprint density at radius 2 is 1.91 bits per heavy atom. The number of ketones is 1. The number of anilines is 2. The molecule has 13 nitrogen and oxygen atoms in total. The first-order valence-corrected chi connectivity index (χ1v) is 12.4. The van der Waals surface area contributed by atoms with E-state index in [1.165, 1.54) is 0 Å². The molecular weight excluding hydrogens is 486 g/mol. The van der Waals surface area contributed by atoms with Crippen molar-refractivity contribution >= 4 is 49.8 Å². The number of carboxylic acids is 1. The molecule has 1 aliphatic rings. The molecule has 34 heavy (non-hydrogen) atoms. The summed E-state index contributed by atoms with van der Waals surface area (Å²) < 4.78 is 24.6. The number of tetrazole rings is 1. The van der Waals surface area contributed by atoms with Crippen LogP contribution < -0.4 is 10.6 Å². The summed E-state index contributed by atoms with van der Waals surface area (Å²) in [5.74, 6) is -1.76. The number of aryl methyl sites for hydroxylation is 1. The predicted molar refractivity (Wildman–Crippen MR) is 119 cm³/mol. The van der Waals surface area contributed by atoms with E-state index in [1.54, 1.807) is 18.2 Å². The van der Waals surface area contributed by atoms with Crippen LogP contribution in [0.4, 0.5) is 15.6 Å². The Morgan fingerprint density at radius 1 is 1.18 bits per heavy atom. The smallest absolute Gasteiger partial charge is 0.356 e. The molecule has 178 valence electrons. The molecule has 4 rings (SSSR count). The largest absolute Gasteiger partial charge is 0.476 e. The normalized spacial score (nSPS) is 14.1. The molecule has 1 aromatic carbocycles. The van der Waals surface area contributed by atoms with Crippen LogP contribution in [0.3, 0.4) is 0 Å². The Hall–Kier alpha value is -3.72. The molecule has 0 radical (unpaired) electrons. The number of carbonyl (C=O) groups is 3. The number of aromatic nitrogens is 5. The van der Waals surface area contributed by atoms with Gasteiger partial charge in [-0.3, -0.25) is 10.1 Å². The van der Waals surface area contributed by atoms with Crippen molar-refractivity contribution in [2.45, 2.75) is 42.0 Å². The average Bonchev–Trinajstić information content (AvgIpc) is 3.55. The van der Waals surface area contributed by atoms with E-state index in [9.17, 15) is 27.9 Å². The van der Waals surface area contributed by atoms with Crippen molar-refractivity contribution in [3.05, 3.63) is 35.0 Å². The second-order valence-electron chi connectivity index (χ2n) is 7.63. The number of hydrogen-bond acceptors (Lipinski definition) is 10. The van der Waals surface area contributed by atoms with Crippen molar-refractivity contribution in [3.63, 3.8) is 0 Å². The van der Waals surface area contributed by atoms with Crippen LogP contribution in [0, 0.1) is 12.8 Å². The van der Waals surface area contributed by atoms with Crippen molar-refractivity contribution < 1.29 is 27.9 Å². The molecule has 0 spiro atoms. The lowest BCUT2D eigenvalue weighted by Gasteiger charge is -2.14. The van der Waals surface area contributed by atoms with Crippen LogP contribution in [0.25, 0.3) is 0 Å². The molecule has 0 saturated heterocycles. The second-order valence-corrected chi connectivity index (χ2v) is 10.7. The summed E-state index contributed by atoms with van der Waals surface area (Å²) in [4.78, 5) is 40.9. The predicted octanol–water partition coefficient (Wildman–Crippen LogP) is 2.51. The van der Waals surface area contributed by atoms with E-state index in [0.717, 1.165) is 31.2 Å². The quantitative estimate of drug-likeness (QED) is 0.346. The number of hydrogen-bond donors (Lipinski definition) is 4. The number of nitrogens with zero attached hydrogens (tertiary/aromatic N) is 4. The van der Waals surface area contributed by atoms with Crippen LogP contribution >= 0.6 is 11.3 Å². The number of thiazole rings is 1. The highest BCUT2D eigenvalue weighted by atomic mass is 32.2. The number of aromatic carboxylic acids is 1. The number of nitrogens with one attached hydrogen (secondary N) is 3. The van der Waals surface area contributed by atoms with Gasteiger partial charge in [-0.1, -0.05) is 40.9 Å². The van der Waals surface area contributed by atoms with E-state index in [1.807, 2.05) is 12.1 Å². The SMILES string of the molecule is Cc1ccc(NC(=O)Nc2nc(C(=O)O)c(S(=O)(=O)c3nn[nH]n3)s2)c(C(=O)C2CCCC2)c1. The van der Waals surface area contributed by atoms with Crippen LogP contribution in [0.2, 0.25) is 0 Å². The molecule has 0 atom stereocenters. The molecule has 2 amide bonds. The zero-order valence-corrected chi connectivity index (χ0v) is 19.4. The number of urea groups is 1. The van der Waals surface area contributed by atoms with E-state index in [2.05, 4.69) is 31.0 Å². The van der Waals surface area contributed by atoms with Crippen LogP contribution in [0.15, 0.2) is 27.6 Å². The highest BCUT2D eigenvalue weighted by Gasteiger charge is 2.33. The van der Waals surface area contributed by atoms with Gasteiger partial charge in [-0.15, -0.1) is 5.10 Å². The first kappa shape index (κ1) is 23.4. The molecule has 0 bridgehead atoms. The van der Waals surface area contributed by atoms with Crippen molar-refractivity contribution in [2.75, 3.05) is 10.6 Å². The lowest BCUT2D eigenvalue weighted by Crippen LogP contribution is -2.22. The summed E-state index contributed by atoms with van der Waals surface area (Å²) in [7, 11) is -4.43. The maximum atomic E-state index is 13.0. The minimum atomic E-state index is -4.43. The number of amides is 2. The third-order valence-electron chi connectivity index (χ3n) is 5.24. The fraction of sp³-hybridized carbons (Fsp3) is 0.316. The maximum Gasteiger partial charge on any atom is 0.356 e. The van der Waals surface area contributed by atoms with Gasteiger partial charge < -0.3 is 10.4 Å². The molecule has 1 aliphatic carbocycles. The van der Waals surface area contributed by atoms with Gasteiger partial charge >= 0.3 is 12.0 Å². The van der Waals surface area contributed by atoms with Crippen LogP contribution in [-0.4, -0.2) is 56.9 Å². The van der Waals surface area contributed by atoms with Gasteiger partial charge in [0.05, 0.1) is 5.69 Å². The number of Topliss-reactive ketones (excluding diaryl/α,β-unsaturated/α-hetero) is 1. The van der Waals surface area contributed by atoms with Crippen LogP contribution in [0.1, 0.15) is 52.1 Å². The van der Waals surface area contributed by atoms with Crippen molar-refractivity contribution in [3.8, 4) is 0 Å². The summed E-state index contributed by atoms with van der Waals surface area (Å²) >= 11 is 0.425. The number of rotatable bonds is 7. The fourth-order valence-corrected chi connectivity index (χ4v) is 6.10. The van der Waals surface area contributed by atoms with Crippen LogP contribution in [0.5, 0.6) is 0 Å². The standard InChI is InChI=1S/C19H19N7O6S2/c1-9-6-7-12(11(8-9)14(27)10-4-2-3-5-10)20-17(30)22-18-21-13(15(28)29)16(33-18)34(31,32)19-23-25-26-24-19/h6-8,10H,2-5H2,1H3,(H,28,29)(H2,20,21,22,30)(H,23,24,25,26). The van der Waals surface area contributed by atoms with Crippen LogP contribution in [-0.2, 0) is 9.84 Å². The van der Waals surface area contributed by atoms with Crippen molar-refractivity contribution in [1.29, 1.82) is 0 Å². The third-order valence-corrected chi connectivity index (χ3v) is 8.25. The first-order chi connectivity index (χ1) is 16.2. The monoisotopic (exact) mass is 505 g/mol. The summed E-state index contributed by atoms with van der Waals surface area (Å²) in [6, 6.07) is 4.23. The third kappa shape index (κ3) is 4.65. The maximum absolute atomic E-state index is 13.0. The molecule has 3 aromatic rings. The molecule has 4 N–H and O–H groups in total. The molecule has 2 aromatic heterocycles. The number of aromatic amines is 1. The van der Waals surface area contributed by atoms with Gasteiger partial charge in [0.25, 0.3) is 15.0 Å². The number of carboxylic acid groups (broad SMARTS) is 1. The van der Waals surface area contributed by atoms with Gasteiger partial charge in [0, 0.05) is 11.5 Å². The van der Waals surface area contributed by atoms with Gasteiger partial charge in [0.15, 0.2) is 20.8 Å². The van der Waals surface area contributed by atoms with Gasteiger partial charge in [0.1, 0.15) is 0 Å². The average molecular weight is 506 g/mol. The van der Waals surface area contributed by atoms with E-state index < -0.39 is 36.9 Å². The minimum absolute atomic E-state index is 0.0487. The summed E-state index contributed by atoms with van der Waals surface area (Å²) in [5, 5.41) is 25.2. The molecule has 1 fully saturated rings. The van der Waals surface area contributed by atoms with Gasteiger partial charge in [-0.25, -0.2) is 23.0 Å². The van der Waals surface area contributed by atoms with E-state index in [0.29, 0.717) is 16.9 Å². The van der Waals surface area contributed by atoms with Crippen molar-refractivity contribution in [2.24, 2.45) is 5.92 Å². The second kappa shape index (κ2) is 9.26. The molecule has 0 unspecified atom stereocenters. The lowest BCUT2D eigenvalue weighted by atomic mass is 9.94. The zero-order valence-electron chi connectivity index (χ0n) is 17.7. The highest BCUT2D eigenvalue weighted by molar-refractivity contribution is 7.93. The lowest BCUT2D eigenvalue weighted by molar-refractivity contribution is 0.0687. The summed E-state index contributed by atoms with van der Waals surface area (Å²) in [6.45, 7) is 1.84. The minimum Gasteiger partial charge on any atom is -0.476 e. The number of benzene rings is 1. The number of carbonyl (C=O) groups excluding carboxylic acids is 2. The van der Waals surface area contributed by atoms with Gasteiger partial charge in [-0.2, -0.15) is 5.21 Å². The van der Waals surface area contributed by atoms with Gasteiger partial charge in [0.2, 0.25) is 0 Å². The molecular formula is C19H19N7O6S2. The van der Waals surface area contributed by atoms with E-state index >= 15 is 0 Å². The number of sulfone groups is 1. The molecule has 1 saturated carbocycles. The fourth-order valence-electron chi connectivity index (χ4n) is 3.66. The summed E-state index contributed by atoms with van der Waals surface area (Å²) in [5.41, 5.74) is 0.731. The molecule has 2 heterocycles. The van der Waals surface area contributed by atoms with Gasteiger partial charge in [-0.05, 0) is 37.1 Å². The molecule has 15 heteroatoms.